The third kappa shape index (κ3) is 16.9. The van der Waals surface area contributed by atoms with E-state index in [1.807, 2.05) is 13.6 Å². The molecule has 2 rings (SSSR count). The van der Waals surface area contributed by atoms with Crippen molar-refractivity contribution in [1.82, 2.24) is 9.13 Å². The third-order valence-corrected chi connectivity index (χ3v) is 10.9. The predicted octanol–water partition coefficient (Wildman–Crippen LogP) is 7.42. The Bertz CT molecular complexity index is 1610. The highest BCUT2D eigenvalue weighted by Crippen LogP contribution is 2.74. The summed E-state index contributed by atoms with van der Waals surface area (Å²) < 4.78 is 239. The average molecular weight is 916 g/mol. The lowest BCUT2D eigenvalue weighted by Gasteiger charge is -2.35. The molecule has 0 aliphatic heterocycles. The van der Waals surface area contributed by atoms with Crippen molar-refractivity contribution in [2.45, 2.75) is 103 Å². The van der Waals surface area contributed by atoms with E-state index in [9.17, 15) is 89.3 Å². The number of aromatic nitrogens is 4. The van der Waals surface area contributed by atoms with Gasteiger partial charge in [-0.2, -0.15) is 70.2 Å². The molecule has 2 heterocycles. The van der Waals surface area contributed by atoms with Gasteiger partial charge in [0.15, 0.2) is 0 Å². The van der Waals surface area contributed by atoms with Crippen LogP contribution in [0, 0.1) is 13.8 Å². The molecule has 0 aliphatic rings. The number of imidazole rings is 2. The number of unbranched alkanes of at least 4 members (excludes halogenated alkanes) is 2. The summed E-state index contributed by atoms with van der Waals surface area (Å²) in [5.41, 5.74) is 0. The van der Waals surface area contributed by atoms with Crippen LogP contribution >= 0.6 is 23.5 Å². The van der Waals surface area contributed by atoms with E-state index < -0.39 is 60.3 Å². The van der Waals surface area contributed by atoms with Crippen LogP contribution in [0.1, 0.15) is 51.2 Å². The summed E-state index contributed by atoms with van der Waals surface area (Å²) in [5, 5.41) is 0. The molecule has 0 radical (unpaired) electrons. The fraction of sp³-hybridized carbons (Fsp3) is 0.750. The first-order valence-corrected chi connectivity index (χ1v) is 19.3. The van der Waals surface area contributed by atoms with Crippen LogP contribution in [-0.2, 0) is 63.1 Å². The van der Waals surface area contributed by atoms with E-state index in [-0.39, 0.29) is 0 Å². The molecule has 0 amide bonds. The zero-order valence-electron chi connectivity index (χ0n) is 29.4. The fourth-order valence-corrected chi connectivity index (χ4v) is 7.32. The lowest BCUT2D eigenvalue weighted by atomic mass is 10.3. The largest absolute Gasteiger partial charge is 0.789 e. The summed E-state index contributed by atoms with van der Waals surface area (Å²) in [6.07, 6.45) is -30.1. The molecular weight excluding hydrogens is 882 g/mol. The molecule has 56 heavy (non-hydrogen) atoms. The van der Waals surface area contributed by atoms with E-state index in [2.05, 4.69) is 93.5 Å². The molecule has 0 saturated carbocycles. The van der Waals surface area contributed by atoms with Crippen LogP contribution in [0.4, 0.5) is 65.9 Å². The number of hydrogen-bond donors (Lipinski definition) is 0. The molecule has 330 valence electrons. The number of hydrogen-bond acceptors (Lipinski definition) is 10. The maximum atomic E-state index is 12.9. The Labute approximate surface area is 307 Å². The van der Waals surface area contributed by atoms with Crippen molar-refractivity contribution < 1.29 is 121 Å². The van der Waals surface area contributed by atoms with Gasteiger partial charge < -0.3 is 14.4 Å². The quantitative estimate of drug-likeness (QED) is 0.0942. The molecular formula is C24H34F15N4O10P3. The fourth-order valence-electron chi connectivity index (χ4n) is 3.25. The lowest BCUT2D eigenvalue weighted by Crippen LogP contribution is -2.42. The summed E-state index contributed by atoms with van der Waals surface area (Å²) in [5.74, 6) is 2.66. The van der Waals surface area contributed by atoms with Crippen molar-refractivity contribution in [3.63, 3.8) is 0 Å². The van der Waals surface area contributed by atoms with Crippen LogP contribution in [-0.4, -0.2) is 46.0 Å². The smallest absolute Gasteiger partial charge is 0.493 e. The third-order valence-electron chi connectivity index (χ3n) is 6.37. The molecule has 1 atom stereocenters. The van der Waals surface area contributed by atoms with Crippen LogP contribution in [0.2, 0.25) is 0 Å². The van der Waals surface area contributed by atoms with Crippen molar-refractivity contribution in [2.24, 2.45) is 14.1 Å². The van der Waals surface area contributed by atoms with Gasteiger partial charge in [0, 0.05) is 13.8 Å². The highest BCUT2D eigenvalue weighted by atomic mass is 31.3. The van der Waals surface area contributed by atoms with E-state index in [0.717, 1.165) is 13.1 Å². The highest BCUT2D eigenvalue weighted by molar-refractivity contribution is 7.66. The number of nitrogens with zero attached hydrogens (tertiary/aromatic N) is 4. The summed E-state index contributed by atoms with van der Waals surface area (Å²) in [6, 6.07) is 0. The number of halogens is 15. The molecule has 0 N–H and O–H groups in total. The van der Waals surface area contributed by atoms with Gasteiger partial charge in [-0.05, 0) is 12.8 Å². The minimum atomic E-state index is -8.55. The van der Waals surface area contributed by atoms with Crippen molar-refractivity contribution in [1.29, 1.82) is 0 Å². The molecule has 0 fully saturated rings. The minimum Gasteiger partial charge on any atom is -0.789 e. The molecule has 0 saturated heterocycles. The summed E-state index contributed by atoms with van der Waals surface area (Å²) in [4.78, 5) is 20.6. The van der Waals surface area contributed by atoms with Crippen LogP contribution in [0.25, 0.3) is 0 Å². The standard InChI is InChI=1S/2C9H17N2.C6H2F15O10P3/c2*1-4-5-6-11-8-7-10(3)9(11)2;7-1(8,9)4(16,17)27-33(25,28-5(18,19)2(10,11)12)31-34(26,30-32(22,23)24)29-6(20,21)3(13,14)15/h2*7-8H,4-6H2,1-3H3;(H2,22,23,24)/q2*+1;/p-2. The van der Waals surface area contributed by atoms with Gasteiger partial charge >= 0.3 is 52.5 Å². The Kier molecular flexibility index (Phi) is 18.9. The monoisotopic (exact) mass is 916 g/mol. The topological polar surface area (TPSA) is 161 Å². The van der Waals surface area contributed by atoms with Gasteiger partial charge in [-0.1, -0.05) is 26.7 Å². The van der Waals surface area contributed by atoms with Crippen molar-refractivity contribution in [3.8, 4) is 0 Å². The molecule has 1 unspecified atom stereocenters. The molecule has 0 aliphatic carbocycles. The van der Waals surface area contributed by atoms with E-state index in [0.29, 0.717) is 0 Å². The zero-order chi connectivity index (χ0) is 44.6. The van der Waals surface area contributed by atoms with Gasteiger partial charge in [0.25, 0.3) is 11.6 Å². The molecule has 32 heteroatoms. The Morgan fingerprint density at radius 3 is 1.07 bits per heavy atom. The van der Waals surface area contributed by atoms with Gasteiger partial charge in [-0.25, -0.2) is 41.0 Å². The first-order valence-electron chi connectivity index (χ1n) is 14.9. The first kappa shape index (κ1) is 53.8. The molecule has 2 aromatic rings. The van der Waals surface area contributed by atoms with E-state index >= 15 is 0 Å². The minimum absolute atomic E-state index is 1.16. The molecule has 0 aromatic carbocycles. The average Bonchev–Trinajstić information content (AvgIpc) is 3.45. The Morgan fingerprint density at radius 2 is 0.857 bits per heavy atom. The van der Waals surface area contributed by atoms with Gasteiger partial charge in [-0.15, -0.1) is 0 Å². The highest BCUT2D eigenvalue weighted by Gasteiger charge is 2.71. The Balaban J connectivity index is 0.00000109. The maximum absolute atomic E-state index is 12.9. The van der Waals surface area contributed by atoms with E-state index in [1.54, 1.807) is 0 Å². The Hall–Kier alpha value is -2.22. The van der Waals surface area contributed by atoms with Crippen LogP contribution in [0.3, 0.4) is 0 Å². The number of alkyl halides is 15. The first-order chi connectivity index (χ1) is 24.8. The predicted molar refractivity (Wildman–Crippen MR) is 152 cm³/mol. The number of aryl methyl sites for hydroxylation is 4. The van der Waals surface area contributed by atoms with Crippen LogP contribution in [0.15, 0.2) is 24.8 Å². The van der Waals surface area contributed by atoms with Gasteiger partial charge in [0.1, 0.15) is 24.8 Å². The normalized spacial score (nSPS) is 14.8. The molecule has 14 nitrogen and oxygen atoms in total. The van der Waals surface area contributed by atoms with E-state index in [1.165, 1.54) is 37.3 Å². The van der Waals surface area contributed by atoms with Crippen LogP contribution in [0.5, 0.6) is 0 Å². The maximum Gasteiger partial charge on any atom is 0.493 e. The summed E-state index contributed by atoms with van der Waals surface area (Å²) in [7, 11) is -20.1. The van der Waals surface area contributed by atoms with Gasteiger partial charge in [-0.3, -0.25) is 4.31 Å². The molecule has 0 bridgehead atoms. The second kappa shape index (κ2) is 19.7. The molecule has 0 spiro atoms. The number of phosphoric acid groups is 3. The van der Waals surface area contributed by atoms with E-state index in [4.69, 9.17) is 0 Å². The number of rotatable bonds is 16. The number of phosphoric ester groups is 1. The van der Waals surface area contributed by atoms with Crippen molar-refractivity contribution >= 4 is 23.5 Å². The van der Waals surface area contributed by atoms with Gasteiger partial charge in [0.05, 0.1) is 35.0 Å². The second-order valence-electron chi connectivity index (χ2n) is 10.8. The lowest BCUT2D eigenvalue weighted by molar-refractivity contribution is -0.677. The van der Waals surface area contributed by atoms with Crippen molar-refractivity contribution in [3.05, 3.63) is 36.4 Å². The van der Waals surface area contributed by atoms with Crippen molar-refractivity contribution in [2.75, 3.05) is 0 Å². The summed E-state index contributed by atoms with van der Waals surface area (Å²) >= 11 is 0. The van der Waals surface area contributed by atoms with Crippen LogP contribution < -0.4 is 18.9 Å². The SMILES string of the molecule is CCCCn1cc[n+](C)c1C.CCCCn1cc[n+](C)c1C.O=P([O-])([O-])OP(=O)(OC(F)(F)C(F)(F)F)OP(=O)(OC(F)(F)C(F)(F)F)OC(F)(F)C(F)(F)F. The second-order valence-corrected chi connectivity index (χ2v) is 15.4. The summed E-state index contributed by atoms with van der Waals surface area (Å²) in [6.45, 7) is 11.1. The van der Waals surface area contributed by atoms with Gasteiger partial charge in [0.2, 0.25) is 0 Å². The molecule has 2 aromatic heterocycles. The Morgan fingerprint density at radius 1 is 0.571 bits per heavy atom. The zero-order valence-corrected chi connectivity index (χ0v) is 32.1.